The van der Waals surface area contributed by atoms with E-state index in [4.69, 9.17) is 9.47 Å². The Kier molecular flexibility index (Phi) is 4.98. The van der Waals surface area contributed by atoms with Crippen molar-refractivity contribution in [2.75, 3.05) is 18.6 Å². The Bertz CT molecular complexity index is 1190. The van der Waals surface area contributed by atoms with Crippen molar-refractivity contribution in [3.63, 3.8) is 0 Å². The third kappa shape index (κ3) is 3.86. The molecular weight excluding hydrogens is 428 g/mol. The Balaban J connectivity index is 1.42. The normalized spacial score (nSPS) is 21.5. The van der Waals surface area contributed by atoms with Gasteiger partial charge in [-0.15, -0.1) is 0 Å². The second-order valence-electron chi connectivity index (χ2n) is 9.45. The fraction of sp³-hybridized carbons (Fsp3) is 0.458. The second kappa shape index (κ2) is 7.49. The summed E-state index contributed by atoms with van der Waals surface area (Å²) in [6.45, 7) is 4.50. The summed E-state index contributed by atoms with van der Waals surface area (Å²) < 4.78 is 40.9. The van der Waals surface area contributed by atoms with Crippen LogP contribution in [0.25, 0.3) is 0 Å². The second-order valence-corrected chi connectivity index (χ2v) is 11.2. The van der Waals surface area contributed by atoms with Gasteiger partial charge in [0.1, 0.15) is 17.1 Å². The molecule has 1 atom stereocenters. The Morgan fingerprint density at radius 3 is 2.69 bits per heavy atom. The molecule has 1 fully saturated rings. The number of rotatable bonds is 5. The van der Waals surface area contributed by atoms with E-state index < -0.39 is 21.7 Å². The number of methoxy groups -OCH3 is 1. The number of ether oxygens (including phenoxy) is 2. The first kappa shape index (κ1) is 21.3. The molecule has 8 heteroatoms. The zero-order chi connectivity index (χ0) is 22.7. The number of nitrogens with zero attached hydrogens (tertiary/aromatic N) is 1. The lowest BCUT2D eigenvalue weighted by atomic mass is 9.90. The van der Waals surface area contributed by atoms with Crippen molar-refractivity contribution in [2.24, 2.45) is 5.92 Å². The molecule has 1 saturated carbocycles. The lowest BCUT2D eigenvalue weighted by Gasteiger charge is -2.37. The highest BCUT2D eigenvalue weighted by atomic mass is 32.2. The van der Waals surface area contributed by atoms with E-state index >= 15 is 0 Å². The molecule has 0 aromatic heterocycles. The maximum Gasteiger partial charge on any atom is 0.241 e. The summed E-state index contributed by atoms with van der Waals surface area (Å²) in [6.07, 6.45) is 3.08. The maximum absolute atomic E-state index is 13.3. The van der Waals surface area contributed by atoms with Crippen molar-refractivity contribution in [3.05, 3.63) is 47.5 Å². The minimum Gasteiger partial charge on any atom is -0.497 e. The fourth-order valence-corrected chi connectivity index (χ4v) is 5.91. The molecule has 1 unspecified atom stereocenters. The molecule has 32 heavy (non-hydrogen) atoms. The third-order valence-electron chi connectivity index (χ3n) is 6.42. The molecule has 1 amide bonds. The van der Waals surface area contributed by atoms with Crippen molar-refractivity contribution in [1.29, 1.82) is 0 Å². The summed E-state index contributed by atoms with van der Waals surface area (Å²) >= 11 is 0. The van der Waals surface area contributed by atoms with Gasteiger partial charge in [-0.3, -0.25) is 4.79 Å². The van der Waals surface area contributed by atoms with Crippen LogP contribution >= 0.6 is 0 Å². The zero-order valence-electron chi connectivity index (χ0n) is 18.6. The first-order valence-corrected chi connectivity index (χ1v) is 12.5. The van der Waals surface area contributed by atoms with Crippen LogP contribution in [0, 0.1) is 5.92 Å². The van der Waals surface area contributed by atoms with Crippen molar-refractivity contribution in [2.45, 2.75) is 56.1 Å². The SMILES string of the molecule is COc1ccc2c(c1)OC(C)(C)CC2NS(=O)(=O)c1ccc2c(c1)CCN2C(=O)C1CC1. The Hall–Kier alpha value is -2.58. The Morgan fingerprint density at radius 1 is 1.19 bits per heavy atom. The third-order valence-corrected chi connectivity index (χ3v) is 7.89. The molecule has 2 aliphatic heterocycles. The number of amides is 1. The minimum atomic E-state index is -3.77. The van der Waals surface area contributed by atoms with E-state index in [-0.39, 0.29) is 16.7 Å². The number of carbonyl (C=O) groups excluding carboxylic acids is 1. The highest BCUT2D eigenvalue weighted by molar-refractivity contribution is 7.89. The molecule has 0 bridgehead atoms. The minimum absolute atomic E-state index is 0.140. The van der Waals surface area contributed by atoms with Gasteiger partial charge in [0.05, 0.1) is 18.0 Å². The number of anilines is 1. The van der Waals surface area contributed by atoms with Gasteiger partial charge in [0, 0.05) is 36.2 Å². The molecule has 2 heterocycles. The molecule has 0 saturated heterocycles. The standard InChI is InChI=1S/C24H28N2O5S/c1-24(2)14-20(19-8-6-17(30-3)13-22(19)31-24)25-32(28,29)18-7-9-21-16(12-18)10-11-26(21)23(27)15-4-5-15/h6-9,12-13,15,20,25H,4-5,10-11,14H2,1-3H3. The smallest absolute Gasteiger partial charge is 0.241 e. The van der Waals surface area contributed by atoms with Crippen LogP contribution in [0.2, 0.25) is 0 Å². The van der Waals surface area contributed by atoms with E-state index in [0.717, 1.165) is 29.7 Å². The zero-order valence-corrected chi connectivity index (χ0v) is 19.4. The predicted octanol–water partition coefficient (Wildman–Crippen LogP) is 3.58. The average Bonchev–Trinajstić information content (AvgIpc) is 3.50. The van der Waals surface area contributed by atoms with Crippen molar-refractivity contribution < 1.29 is 22.7 Å². The number of hydrogen-bond acceptors (Lipinski definition) is 5. The van der Waals surface area contributed by atoms with Crippen molar-refractivity contribution >= 4 is 21.6 Å². The van der Waals surface area contributed by atoms with Gasteiger partial charge in [0.15, 0.2) is 0 Å². The van der Waals surface area contributed by atoms with Crippen LogP contribution in [0.15, 0.2) is 41.3 Å². The van der Waals surface area contributed by atoms with Gasteiger partial charge in [0.25, 0.3) is 0 Å². The Labute approximate surface area is 188 Å². The first-order valence-electron chi connectivity index (χ1n) is 11.0. The van der Waals surface area contributed by atoms with Gasteiger partial charge in [-0.1, -0.05) is 6.07 Å². The lowest BCUT2D eigenvalue weighted by molar-refractivity contribution is -0.119. The molecule has 0 radical (unpaired) electrons. The number of hydrogen-bond donors (Lipinski definition) is 1. The van der Waals surface area contributed by atoms with Crippen molar-refractivity contribution in [3.8, 4) is 11.5 Å². The molecule has 1 N–H and O–H groups in total. The number of fused-ring (bicyclic) bond motifs is 2. The average molecular weight is 457 g/mol. The van der Waals surface area contributed by atoms with Gasteiger partial charge >= 0.3 is 0 Å². The monoisotopic (exact) mass is 456 g/mol. The first-order chi connectivity index (χ1) is 15.2. The highest BCUT2D eigenvalue weighted by Crippen LogP contribution is 2.42. The molecular formula is C24H28N2O5S. The lowest BCUT2D eigenvalue weighted by Crippen LogP contribution is -2.41. The van der Waals surface area contributed by atoms with Crippen molar-refractivity contribution in [1.82, 2.24) is 4.72 Å². The number of nitrogens with one attached hydrogen (secondary N) is 1. The van der Waals surface area contributed by atoms with Crippen LogP contribution in [0.4, 0.5) is 5.69 Å². The van der Waals surface area contributed by atoms with Crippen LogP contribution in [-0.4, -0.2) is 33.6 Å². The molecule has 7 nitrogen and oxygen atoms in total. The molecule has 1 aliphatic carbocycles. The topological polar surface area (TPSA) is 84.9 Å². The summed E-state index contributed by atoms with van der Waals surface area (Å²) in [5.74, 6) is 1.58. The summed E-state index contributed by atoms with van der Waals surface area (Å²) in [5.41, 5.74) is 2.00. The van der Waals surface area contributed by atoms with E-state index in [1.807, 2.05) is 26.0 Å². The van der Waals surface area contributed by atoms with Crippen LogP contribution in [0.1, 0.15) is 50.3 Å². The predicted molar refractivity (Wildman–Crippen MR) is 121 cm³/mol. The van der Waals surface area contributed by atoms with E-state index in [1.165, 1.54) is 0 Å². The summed E-state index contributed by atoms with van der Waals surface area (Å²) in [7, 11) is -2.19. The van der Waals surface area contributed by atoms with Crippen LogP contribution in [0.3, 0.4) is 0 Å². The van der Waals surface area contributed by atoms with E-state index in [1.54, 1.807) is 36.3 Å². The fourth-order valence-electron chi connectivity index (χ4n) is 4.64. The van der Waals surface area contributed by atoms with E-state index in [0.29, 0.717) is 30.9 Å². The Morgan fingerprint density at radius 2 is 1.97 bits per heavy atom. The largest absolute Gasteiger partial charge is 0.497 e. The molecule has 0 spiro atoms. The summed E-state index contributed by atoms with van der Waals surface area (Å²) in [6, 6.07) is 10.1. The molecule has 2 aromatic carbocycles. The van der Waals surface area contributed by atoms with Crippen LogP contribution in [-0.2, 0) is 21.2 Å². The molecule has 170 valence electrons. The number of sulfonamides is 1. The molecule has 5 rings (SSSR count). The van der Waals surface area contributed by atoms with E-state index in [2.05, 4.69) is 4.72 Å². The van der Waals surface area contributed by atoms with Crippen LogP contribution in [0.5, 0.6) is 11.5 Å². The van der Waals surface area contributed by atoms with Gasteiger partial charge in [-0.2, -0.15) is 0 Å². The maximum atomic E-state index is 13.3. The van der Waals surface area contributed by atoms with Gasteiger partial charge in [0.2, 0.25) is 15.9 Å². The number of carbonyl (C=O) groups is 1. The summed E-state index contributed by atoms with van der Waals surface area (Å²) in [4.78, 5) is 14.5. The highest BCUT2D eigenvalue weighted by Gasteiger charge is 2.38. The molecule has 3 aliphatic rings. The van der Waals surface area contributed by atoms with Crippen LogP contribution < -0.4 is 19.1 Å². The van der Waals surface area contributed by atoms with Gasteiger partial charge in [-0.25, -0.2) is 13.1 Å². The van der Waals surface area contributed by atoms with Gasteiger partial charge < -0.3 is 14.4 Å². The molecule has 2 aromatic rings. The van der Waals surface area contributed by atoms with E-state index in [9.17, 15) is 13.2 Å². The quantitative estimate of drug-likeness (QED) is 0.744. The van der Waals surface area contributed by atoms with Gasteiger partial charge in [-0.05, 0) is 62.9 Å². The number of benzene rings is 2. The summed E-state index contributed by atoms with van der Waals surface area (Å²) in [5, 5.41) is 0.